The second-order valence-corrected chi connectivity index (χ2v) is 19.3. The van der Waals surface area contributed by atoms with Crippen molar-refractivity contribution < 1.29 is 24.5 Å². The van der Waals surface area contributed by atoms with E-state index in [1.54, 1.807) is 0 Å². The van der Waals surface area contributed by atoms with Crippen molar-refractivity contribution in [3.8, 4) is 0 Å². The molecule has 0 fully saturated rings. The highest BCUT2D eigenvalue weighted by atomic mass is 16.5. The zero-order valence-corrected chi connectivity index (χ0v) is 41.4. The van der Waals surface area contributed by atoms with Crippen LogP contribution < -0.4 is 5.32 Å². The van der Waals surface area contributed by atoms with Gasteiger partial charge in [-0.05, 0) is 25.7 Å². The van der Waals surface area contributed by atoms with Crippen LogP contribution in [0.5, 0.6) is 0 Å². The molecule has 0 bridgehead atoms. The third kappa shape index (κ3) is 48.2. The lowest BCUT2D eigenvalue weighted by Crippen LogP contribution is -2.45. The van der Waals surface area contributed by atoms with Crippen molar-refractivity contribution in [2.24, 2.45) is 0 Å². The predicted molar refractivity (Wildman–Crippen MR) is 264 cm³/mol. The van der Waals surface area contributed by atoms with Crippen LogP contribution in [0.4, 0.5) is 0 Å². The van der Waals surface area contributed by atoms with E-state index in [9.17, 15) is 19.8 Å². The molecule has 364 valence electrons. The molecule has 0 spiro atoms. The van der Waals surface area contributed by atoms with Crippen molar-refractivity contribution in [3.05, 3.63) is 0 Å². The van der Waals surface area contributed by atoms with Crippen LogP contribution in [0.2, 0.25) is 0 Å². The summed E-state index contributed by atoms with van der Waals surface area (Å²) < 4.78 is 5.45. The van der Waals surface area contributed by atoms with E-state index in [1.165, 1.54) is 225 Å². The van der Waals surface area contributed by atoms with Crippen LogP contribution in [-0.4, -0.2) is 47.4 Å². The molecule has 0 aromatic rings. The highest BCUT2D eigenvalue weighted by Crippen LogP contribution is 2.18. The molecule has 0 saturated carbocycles. The average molecular weight is 864 g/mol. The maximum atomic E-state index is 12.5. The Morgan fingerprint density at radius 3 is 1.00 bits per heavy atom. The lowest BCUT2D eigenvalue weighted by atomic mass is 10.0. The van der Waals surface area contributed by atoms with Crippen molar-refractivity contribution in [1.82, 2.24) is 5.32 Å². The Kier molecular flexibility index (Phi) is 50.5. The SMILES string of the molecule is CCCCCCCCCCCCCCCCCCCCCCCCC(O)C(CO)NC(=O)CCCCCCCCCCCCOC(=O)CCCCCCCCCCCCCC. The summed E-state index contributed by atoms with van der Waals surface area (Å²) in [6, 6.07) is -0.557. The fraction of sp³-hybridized carbons (Fsp3) is 0.964. The van der Waals surface area contributed by atoms with Gasteiger partial charge in [-0.15, -0.1) is 0 Å². The molecule has 6 heteroatoms. The summed E-state index contributed by atoms with van der Waals surface area (Å²) in [5.41, 5.74) is 0. The third-order valence-electron chi connectivity index (χ3n) is 13.2. The molecule has 2 unspecified atom stereocenters. The van der Waals surface area contributed by atoms with E-state index in [-0.39, 0.29) is 18.5 Å². The number of hydrogen-bond donors (Lipinski definition) is 3. The minimum absolute atomic E-state index is 0.0167. The van der Waals surface area contributed by atoms with Gasteiger partial charge in [0, 0.05) is 12.8 Å². The first-order valence-electron chi connectivity index (χ1n) is 27.8. The Hall–Kier alpha value is -1.14. The minimum Gasteiger partial charge on any atom is -0.466 e. The van der Waals surface area contributed by atoms with Gasteiger partial charge in [0.1, 0.15) is 0 Å². The monoisotopic (exact) mass is 864 g/mol. The fourth-order valence-corrected chi connectivity index (χ4v) is 8.88. The van der Waals surface area contributed by atoms with Gasteiger partial charge in [0.25, 0.3) is 0 Å². The Bertz CT molecular complexity index is 867. The lowest BCUT2D eigenvalue weighted by Gasteiger charge is -2.22. The van der Waals surface area contributed by atoms with Crippen LogP contribution in [-0.2, 0) is 14.3 Å². The first-order chi connectivity index (χ1) is 30.0. The van der Waals surface area contributed by atoms with Gasteiger partial charge in [0.05, 0.1) is 25.4 Å². The number of hydrogen-bond acceptors (Lipinski definition) is 5. The summed E-state index contributed by atoms with van der Waals surface area (Å²) in [7, 11) is 0. The van der Waals surface area contributed by atoms with E-state index >= 15 is 0 Å². The van der Waals surface area contributed by atoms with Crippen molar-refractivity contribution >= 4 is 11.9 Å². The van der Waals surface area contributed by atoms with E-state index in [0.717, 1.165) is 57.8 Å². The van der Waals surface area contributed by atoms with Gasteiger partial charge in [-0.1, -0.05) is 277 Å². The van der Waals surface area contributed by atoms with Crippen LogP contribution in [0.3, 0.4) is 0 Å². The van der Waals surface area contributed by atoms with Crippen molar-refractivity contribution in [2.75, 3.05) is 13.2 Å². The normalized spacial score (nSPS) is 12.5. The number of aliphatic hydroxyl groups is 2. The smallest absolute Gasteiger partial charge is 0.305 e. The quantitative estimate of drug-likeness (QED) is 0.0418. The summed E-state index contributed by atoms with van der Waals surface area (Å²) >= 11 is 0. The predicted octanol–water partition coefficient (Wildman–Crippen LogP) is 16.7. The van der Waals surface area contributed by atoms with Crippen LogP contribution in [0.25, 0.3) is 0 Å². The number of carbonyl (C=O) groups is 2. The summed E-state index contributed by atoms with van der Waals surface area (Å²) in [5, 5.41) is 23.3. The molecule has 0 aromatic carbocycles. The number of unbranched alkanes of at least 4 members (excludes halogenated alkanes) is 41. The molecule has 0 radical (unpaired) electrons. The number of nitrogens with one attached hydrogen (secondary N) is 1. The van der Waals surface area contributed by atoms with E-state index in [4.69, 9.17) is 4.74 Å². The second kappa shape index (κ2) is 51.5. The van der Waals surface area contributed by atoms with Crippen LogP contribution >= 0.6 is 0 Å². The fourth-order valence-electron chi connectivity index (χ4n) is 8.88. The van der Waals surface area contributed by atoms with E-state index < -0.39 is 12.1 Å². The molecule has 0 aromatic heterocycles. The Labute approximate surface area is 381 Å². The number of carbonyl (C=O) groups excluding carboxylic acids is 2. The van der Waals surface area contributed by atoms with Gasteiger partial charge < -0.3 is 20.3 Å². The largest absolute Gasteiger partial charge is 0.466 e. The second-order valence-electron chi connectivity index (χ2n) is 19.3. The Morgan fingerprint density at radius 2 is 0.672 bits per heavy atom. The number of amides is 1. The van der Waals surface area contributed by atoms with Gasteiger partial charge in [-0.3, -0.25) is 9.59 Å². The van der Waals surface area contributed by atoms with Gasteiger partial charge in [-0.25, -0.2) is 0 Å². The zero-order valence-electron chi connectivity index (χ0n) is 41.4. The van der Waals surface area contributed by atoms with E-state index in [1.807, 2.05) is 0 Å². The molecule has 1 amide bonds. The summed E-state index contributed by atoms with van der Waals surface area (Å²) in [6.07, 6.45) is 58.0. The molecule has 2 atom stereocenters. The van der Waals surface area contributed by atoms with E-state index in [0.29, 0.717) is 25.9 Å². The van der Waals surface area contributed by atoms with Gasteiger partial charge >= 0.3 is 5.97 Å². The van der Waals surface area contributed by atoms with Crippen LogP contribution in [0.15, 0.2) is 0 Å². The molecule has 0 aliphatic rings. The highest BCUT2D eigenvalue weighted by Gasteiger charge is 2.20. The molecule has 0 heterocycles. The van der Waals surface area contributed by atoms with Gasteiger partial charge in [0.15, 0.2) is 0 Å². The number of ether oxygens (including phenoxy) is 1. The zero-order chi connectivity index (χ0) is 44.4. The Balaban J connectivity index is 3.46. The van der Waals surface area contributed by atoms with Crippen LogP contribution in [0.1, 0.15) is 316 Å². The summed E-state index contributed by atoms with van der Waals surface area (Å²) in [6.45, 7) is 4.92. The topological polar surface area (TPSA) is 95.9 Å². The maximum Gasteiger partial charge on any atom is 0.305 e. The molecule has 0 aliphatic carbocycles. The lowest BCUT2D eigenvalue weighted by molar-refractivity contribution is -0.143. The maximum absolute atomic E-state index is 12.5. The summed E-state index contributed by atoms with van der Waals surface area (Å²) in [4.78, 5) is 24.5. The molecular weight excluding hydrogens is 755 g/mol. The molecule has 3 N–H and O–H groups in total. The first kappa shape index (κ1) is 59.9. The van der Waals surface area contributed by atoms with Crippen molar-refractivity contribution in [1.29, 1.82) is 0 Å². The number of rotatable bonds is 52. The molecule has 0 aliphatic heterocycles. The molecular formula is C55H109NO5. The van der Waals surface area contributed by atoms with Gasteiger partial charge in [-0.2, -0.15) is 0 Å². The molecule has 61 heavy (non-hydrogen) atoms. The Morgan fingerprint density at radius 1 is 0.393 bits per heavy atom. The van der Waals surface area contributed by atoms with E-state index in [2.05, 4.69) is 19.2 Å². The number of esters is 1. The summed E-state index contributed by atoms with van der Waals surface area (Å²) in [5.74, 6) is -0.0703. The minimum atomic E-state index is -0.678. The third-order valence-corrected chi connectivity index (χ3v) is 13.2. The highest BCUT2D eigenvalue weighted by molar-refractivity contribution is 5.76. The molecule has 6 nitrogen and oxygen atoms in total. The van der Waals surface area contributed by atoms with Crippen molar-refractivity contribution in [3.63, 3.8) is 0 Å². The molecule has 0 rings (SSSR count). The molecule has 0 saturated heterocycles. The first-order valence-corrected chi connectivity index (χ1v) is 27.8. The van der Waals surface area contributed by atoms with Gasteiger partial charge in [0.2, 0.25) is 5.91 Å². The number of aliphatic hydroxyl groups excluding tert-OH is 2. The van der Waals surface area contributed by atoms with Crippen LogP contribution in [0, 0.1) is 0 Å². The van der Waals surface area contributed by atoms with Crippen molar-refractivity contribution in [2.45, 2.75) is 328 Å². The standard InChI is InChI=1S/C55H109NO5/c1-3-5-7-9-11-13-15-17-18-19-20-21-22-23-24-25-26-27-31-35-39-43-47-53(58)52(51-57)56-54(59)48-44-40-36-32-29-30-34-38-42-46-50-61-55(60)49-45-41-37-33-28-16-14-12-10-8-6-4-2/h52-53,57-58H,3-51H2,1-2H3,(H,56,59). The average Bonchev–Trinajstić information content (AvgIpc) is 3.26.